The second-order valence-electron chi connectivity index (χ2n) is 9.53. The molecule has 1 aliphatic rings. The lowest BCUT2D eigenvalue weighted by atomic mass is 10.1. The molecule has 10 nitrogen and oxygen atoms in total. The van der Waals surface area contributed by atoms with E-state index in [9.17, 15) is 19.5 Å². The summed E-state index contributed by atoms with van der Waals surface area (Å²) in [6.45, 7) is 0.122. The highest BCUT2D eigenvalue weighted by Crippen LogP contribution is 2.35. The lowest BCUT2D eigenvalue weighted by Crippen LogP contribution is -2.42. The number of rotatable bonds is 7. The molecule has 4 N–H and O–H groups in total. The van der Waals surface area contributed by atoms with Crippen LogP contribution in [0.5, 0.6) is 11.5 Å². The van der Waals surface area contributed by atoms with Crippen LogP contribution in [0.3, 0.4) is 0 Å². The number of benzene rings is 3. The number of H-pyrrole nitrogens is 1. The molecule has 42 heavy (non-hydrogen) atoms. The lowest BCUT2D eigenvalue weighted by molar-refractivity contribution is -0.119. The number of hydrogen-bond acceptors (Lipinski definition) is 5. The summed E-state index contributed by atoms with van der Waals surface area (Å²) < 4.78 is 20.9. The van der Waals surface area contributed by atoms with E-state index in [1.165, 1.54) is 30.3 Å². The van der Waals surface area contributed by atoms with Gasteiger partial charge >= 0.3 is 6.09 Å². The molecule has 3 amide bonds. The number of aromatic nitrogens is 1. The maximum absolute atomic E-state index is 15.3. The average molecular weight is 610 g/mol. The first-order chi connectivity index (χ1) is 20.1. The van der Waals surface area contributed by atoms with Crippen LogP contribution in [0.4, 0.5) is 14.9 Å². The summed E-state index contributed by atoms with van der Waals surface area (Å²) in [5.74, 6) is -1.87. The smallest absolute Gasteiger partial charge is 0.407 e. The number of fused-ring (bicyclic) bond motifs is 1. The fourth-order valence-electron chi connectivity index (χ4n) is 4.70. The Morgan fingerprint density at radius 2 is 1.95 bits per heavy atom. The maximum Gasteiger partial charge on any atom is 0.407 e. The molecule has 0 radical (unpaired) electrons. The molecular formula is C29H22Cl2FN5O5. The number of carbonyl (C=O) groups is 3. The number of ether oxygens (including phenoxy) is 1. The van der Waals surface area contributed by atoms with Gasteiger partial charge in [0.25, 0.3) is 5.91 Å². The number of nitrogens with one attached hydrogen (secondary N) is 3. The summed E-state index contributed by atoms with van der Waals surface area (Å²) >= 11 is 12.2. The van der Waals surface area contributed by atoms with Gasteiger partial charge in [-0.1, -0.05) is 29.3 Å². The molecule has 214 valence electrons. The van der Waals surface area contributed by atoms with E-state index in [1.54, 1.807) is 24.3 Å². The number of carbonyl (C=O) groups excluding carboxylic acids is 2. The number of nitrogens with zero attached hydrogens (tertiary/aromatic N) is 2. The molecular weight excluding hydrogens is 588 g/mol. The van der Waals surface area contributed by atoms with Gasteiger partial charge in [-0.15, -0.1) is 0 Å². The molecule has 13 heteroatoms. The summed E-state index contributed by atoms with van der Waals surface area (Å²) in [6, 6.07) is 14.8. The van der Waals surface area contributed by atoms with Crippen molar-refractivity contribution >= 4 is 57.7 Å². The van der Waals surface area contributed by atoms with Crippen molar-refractivity contribution in [2.45, 2.75) is 25.4 Å². The van der Waals surface area contributed by atoms with Crippen LogP contribution < -0.4 is 15.4 Å². The molecule has 1 aliphatic heterocycles. The van der Waals surface area contributed by atoms with Crippen molar-refractivity contribution in [3.63, 3.8) is 0 Å². The molecule has 1 fully saturated rings. The predicted octanol–water partition coefficient (Wildman–Crippen LogP) is 6.29. The summed E-state index contributed by atoms with van der Waals surface area (Å²) in [7, 11) is 0. The Morgan fingerprint density at radius 3 is 2.71 bits per heavy atom. The van der Waals surface area contributed by atoms with Crippen LogP contribution in [0.1, 0.15) is 34.5 Å². The lowest BCUT2D eigenvalue weighted by Gasteiger charge is -2.20. The maximum atomic E-state index is 15.3. The third-order valence-corrected chi connectivity index (χ3v) is 7.24. The van der Waals surface area contributed by atoms with Gasteiger partial charge in [0.1, 0.15) is 17.5 Å². The minimum absolute atomic E-state index is 0.0110. The average Bonchev–Trinajstić information content (AvgIpc) is 3.62. The minimum atomic E-state index is -1.14. The second-order valence-corrected chi connectivity index (χ2v) is 10.4. The monoisotopic (exact) mass is 609 g/mol. The van der Waals surface area contributed by atoms with E-state index in [-0.39, 0.29) is 44.9 Å². The molecule has 5 rings (SSSR count). The van der Waals surface area contributed by atoms with Gasteiger partial charge in [0.2, 0.25) is 5.91 Å². The fourth-order valence-corrected chi connectivity index (χ4v) is 5.11. The third kappa shape index (κ3) is 6.10. The Bertz CT molecular complexity index is 1770. The number of aromatic amines is 1. The summed E-state index contributed by atoms with van der Waals surface area (Å²) in [5, 5.41) is 24.7. The second kappa shape index (κ2) is 12.0. The van der Waals surface area contributed by atoms with E-state index >= 15 is 4.39 Å². The first-order valence-electron chi connectivity index (χ1n) is 12.7. The van der Waals surface area contributed by atoms with Crippen LogP contribution in [0, 0.1) is 17.1 Å². The van der Waals surface area contributed by atoms with Crippen molar-refractivity contribution in [3.05, 3.63) is 87.3 Å². The Balaban J connectivity index is 1.27. The summed E-state index contributed by atoms with van der Waals surface area (Å²) in [6.07, 6.45) is -0.0831. The van der Waals surface area contributed by atoms with Crippen molar-refractivity contribution in [1.82, 2.24) is 15.2 Å². The van der Waals surface area contributed by atoms with Gasteiger partial charge in [-0.05, 0) is 61.4 Å². The Labute approximate surface area is 248 Å². The molecule has 0 spiro atoms. The van der Waals surface area contributed by atoms with Gasteiger partial charge in [-0.3, -0.25) is 14.5 Å². The standard InChI is InChI=1S/C29H22Cl2FN5O5/c30-18-8-15(13-33)9-20(12-18)42-26-21(31)5-3-16(25(26)32)14-34-27(38)23-11-17-10-19(4-6-22(17)36-23)35-28(39)24-2-1-7-37(24)29(40)41/h3-6,8-12,24,36H,1-2,7,14H2,(H,34,38)(H,35,39)(H,40,41)/t24-/m0/s1. The SMILES string of the molecule is N#Cc1cc(Cl)cc(Oc2c(Cl)ccc(CNC(=O)c3cc4cc(NC(=O)[C@@H]5CCCN5C(=O)O)ccc4[nH]3)c2F)c1. The molecule has 1 saturated heterocycles. The number of anilines is 1. The van der Waals surface area contributed by atoms with Gasteiger partial charge in [0, 0.05) is 40.3 Å². The van der Waals surface area contributed by atoms with Crippen LogP contribution in [-0.2, 0) is 11.3 Å². The molecule has 0 bridgehead atoms. The molecule has 1 aromatic heterocycles. The third-order valence-electron chi connectivity index (χ3n) is 6.72. The molecule has 1 atom stereocenters. The first-order valence-corrected chi connectivity index (χ1v) is 13.5. The van der Waals surface area contributed by atoms with Gasteiger partial charge in [0.05, 0.1) is 16.7 Å². The van der Waals surface area contributed by atoms with Gasteiger partial charge in [-0.2, -0.15) is 5.26 Å². The summed E-state index contributed by atoms with van der Waals surface area (Å²) in [4.78, 5) is 41.0. The number of carboxylic acid groups (broad SMARTS) is 1. The van der Waals surface area contributed by atoms with Crippen molar-refractivity contribution in [2.24, 2.45) is 0 Å². The predicted molar refractivity (Wildman–Crippen MR) is 154 cm³/mol. The van der Waals surface area contributed by atoms with Crippen LogP contribution in [0.2, 0.25) is 10.0 Å². The topological polar surface area (TPSA) is 148 Å². The quantitative estimate of drug-likeness (QED) is 0.193. The molecule has 4 aromatic rings. The number of nitriles is 1. The largest absolute Gasteiger partial charge is 0.465 e. The zero-order chi connectivity index (χ0) is 30.0. The van der Waals surface area contributed by atoms with Crippen molar-refractivity contribution in [2.75, 3.05) is 11.9 Å². The van der Waals surface area contributed by atoms with E-state index in [1.807, 2.05) is 6.07 Å². The Kier molecular flexibility index (Phi) is 8.20. The van der Waals surface area contributed by atoms with Crippen LogP contribution in [0.15, 0.2) is 54.6 Å². The highest BCUT2D eigenvalue weighted by molar-refractivity contribution is 6.32. The zero-order valence-electron chi connectivity index (χ0n) is 21.7. The van der Waals surface area contributed by atoms with E-state index < -0.39 is 29.8 Å². The number of halogens is 3. The number of likely N-dealkylation sites (tertiary alicyclic amines) is 1. The highest BCUT2D eigenvalue weighted by atomic mass is 35.5. The Hall–Kier alpha value is -4.79. The zero-order valence-corrected chi connectivity index (χ0v) is 23.2. The fraction of sp³-hybridized carbons (Fsp3) is 0.172. The normalized spacial score (nSPS) is 14.4. The van der Waals surface area contributed by atoms with Crippen LogP contribution >= 0.6 is 23.2 Å². The summed E-state index contributed by atoms with van der Waals surface area (Å²) in [5.41, 5.74) is 1.61. The Morgan fingerprint density at radius 1 is 1.14 bits per heavy atom. The van der Waals surface area contributed by atoms with Gasteiger partial charge < -0.3 is 25.5 Å². The number of amides is 3. The molecule has 0 aliphatic carbocycles. The molecule has 0 saturated carbocycles. The van der Waals surface area contributed by atoms with E-state index in [0.29, 0.717) is 36.0 Å². The van der Waals surface area contributed by atoms with Gasteiger partial charge in [-0.25, -0.2) is 9.18 Å². The molecule has 2 heterocycles. The van der Waals surface area contributed by atoms with Crippen LogP contribution in [-0.4, -0.2) is 45.5 Å². The molecule has 0 unspecified atom stereocenters. The van der Waals surface area contributed by atoms with Gasteiger partial charge in [0.15, 0.2) is 11.6 Å². The van der Waals surface area contributed by atoms with Crippen LogP contribution in [0.25, 0.3) is 10.9 Å². The first kappa shape index (κ1) is 28.7. The molecule has 3 aromatic carbocycles. The van der Waals surface area contributed by atoms with E-state index in [4.69, 9.17) is 33.2 Å². The van der Waals surface area contributed by atoms with E-state index in [0.717, 1.165) is 4.90 Å². The highest BCUT2D eigenvalue weighted by Gasteiger charge is 2.34. The van der Waals surface area contributed by atoms with E-state index in [2.05, 4.69) is 15.6 Å². The number of hydrogen-bond donors (Lipinski definition) is 4. The van der Waals surface area contributed by atoms with Crippen molar-refractivity contribution in [3.8, 4) is 17.6 Å². The minimum Gasteiger partial charge on any atom is -0.465 e. The van der Waals surface area contributed by atoms with Crippen molar-refractivity contribution < 1.29 is 28.6 Å². The van der Waals surface area contributed by atoms with Crippen molar-refractivity contribution in [1.29, 1.82) is 5.26 Å².